The Kier molecular flexibility index (Phi) is 5.89. The summed E-state index contributed by atoms with van der Waals surface area (Å²) in [5.41, 5.74) is 8.72. The number of ether oxygens (including phenoxy) is 1. The molecule has 5 heteroatoms. The van der Waals surface area contributed by atoms with Crippen LogP contribution in [0.25, 0.3) is 11.1 Å². The molecule has 27 heavy (non-hydrogen) atoms. The fraction of sp³-hybridized carbons (Fsp3) is 0.136. The molecule has 0 saturated carbocycles. The zero-order valence-corrected chi connectivity index (χ0v) is 15.5. The highest BCUT2D eigenvalue weighted by molar-refractivity contribution is 6.33. The summed E-state index contributed by atoms with van der Waals surface area (Å²) in [6.07, 6.45) is 0.610. The molecule has 0 saturated heterocycles. The Bertz CT molecular complexity index is 960. The number of hydrogen-bond donors (Lipinski definition) is 1. The molecule has 0 aliphatic rings. The van der Waals surface area contributed by atoms with Crippen LogP contribution in [0.15, 0.2) is 60.7 Å². The maximum absolute atomic E-state index is 15.0. The Hall–Kier alpha value is -2.69. The second-order valence-electron chi connectivity index (χ2n) is 6.10. The van der Waals surface area contributed by atoms with Gasteiger partial charge >= 0.3 is 0 Å². The molecule has 0 aliphatic heterocycles. The lowest BCUT2D eigenvalue weighted by atomic mass is 9.88. The van der Waals surface area contributed by atoms with E-state index >= 15 is 0 Å². The second-order valence-corrected chi connectivity index (χ2v) is 6.51. The Balaban J connectivity index is 2.19. The predicted molar refractivity (Wildman–Crippen MR) is 106 cm³/mol. The van der Waals surface area contributed by atoms with Gasteiger partial charge in [-0.3, -0.25) is 4.79 Å². The first kappa shape index (κ1) is 19.1. The Morgan fingerprint density at radius 2 is 1.85 bits per heavy atom. The highest BCUT2D eigenvalue weighted by Gasteiger charge is 2.20. The first-order chi connectivity index (χ1) is 13.1. The average molecular weight is 384 g/mol. The van der Waals surface area contributed by atoms with Crippen LogP contribution in [0.4, 0.5) is 4.39 Å². The van der Waals surface area contributed by atoms with Crippen molar-refractivity contribution >= 4 is 17.9 Å². The number of hydrogen-bond acceptors (Lipinski definition) is 3. The van der Waals surface area contributed by atoms with Gasteiger partial charge in [-0.05, 0) is 35.4 Å². The normalized spacial score (nSPS) is 11.9. The standard InChI is InChI=1S/C22H19ClFNO2/c1-27-20-10-8-16(13-26)21(22(20)24)17-11-15(7-9-19(17)23)18(12-25)14-5-3-2-4-6-14/h2-11,13,18H,12,25H2,1H3. The molecule has 3 aromatic rings. The van der Waals surface area contributed by atoms with Gasteiger partial charge in [0.25, 0.3) is 0 Å². The van der Waals surface area contributed by atoms with Crippen molar-refractivity contribution in [1.29, 1.82) is 0 Å². The van der Waals surface area contributed by atoms with Crippen molar-refractivity contribution in [2.24, 2.45) is 5.73 Å². The van der Waals surface area contributed by atoms with Crippen LogP contribution in [0.1, 0.15) is 27.4 Å². The number of aldehydes is 1. The minimum atomic E-state index is -0.620. The SMILES string of the molecule is COc1ccc(C=O)c(-c2cc(C(CN)c3ccccc3)ccc2Cl)c1F. The first-order valence-electron chi connectivity index (χ1n) is 8.47. The van der Waals surface area contributed by atoms with Crippen LogP contribution < -0.4 is 10.5 Å². The van der Waals surface area contributed by atoms with Crippen LogP contribution in [0.2, 0.25) is 5.02 Å². The van der Waals surface area contributed by atoms with Crippen LogP contribution >= 0.6 is 11.6 Å². The lowest BCUT2D eigenvalue weighted by molar-refractivity contribution is 0.112. The lowest BCUT2D eigenvalue weighted by Gasteiger charge is -2.19. The average Bonchev–Trinajstić information content (AvgIpc) is 2.70. The van der Waals surface area contributed by atoms with E-state index in [0.717, 1.165) is 11.1 Å². The van der Waals surface area contributed by atoms with E-state index in [1.54, 1.807) is 12.1 Å². The second kappa shape index (κ2) is 8.33. The molecule has 1 atom stereocenters. The monoisotopic (exact) mass is 383 g/mol. The third-order valence-electron chi connectivity index (χ3n) is 4.59. The number of benzene rings is 3. The molecule has 0 aliphatic carbocycles. The summed E-state index contributed by atoms with van der Waals surface area (Å²) in [7, 11) is 1.38. The van der Waals surface area contributed by atoms with Crippen molar-refractivity contribution in [3.63, 3.8) is 0 Å². The van der Waals surface area contributed by atoms with Gasteiger partial charge in [0.05, 0.1) is 7.11 Å². The molecule has 0 amide bonds. The van der Waals surface area contributed by atoms with Crippen molar-refractivity contribution in [3.8, 4) is 16.9 Å². The fourth-order valence-corrected chi connectivity index (χ4v) is 3.41. The number of carbonyl (C=O) groups is 1. The smallest absolute Gasteiger partial charge is 0.173 e. The molecular weight excluding hydrogens is 365 g/mol. The van der Waals surface area contributed by atoms with Gasteiger partial charge in [0, 0.05) is 34.2 Å². The van der Waals surface area contributed by atoms with Gasteiger partial charge in [-0.15, -0.1) is 0 Å². The van der Waals surface area contributed by atoms with Crippen molar-refractivity contribution in [2.45, 2.75) is 5.92 Å². The summed E-state index contributed by atoms with van der Waals surface area (Å²) in [6.45, 7) is 0.381. The molecule has 0 spiro atoms. The van der Waals surface area contributed by atoms with E-state index in [4.69, 9.17) is 22.1 Å². The quantitative estimate of drug-likeness (QED) is 0.605. The van der Waals surface area contributed by atoms with Crippen molar-refractivity contribution in [3.05, 3.63) is 88.2 Å². The highest BCUT2D eigenvalue weighted by Crippen LogP contribution is 2.38. The maximum atomic E-state index is 15.0. The summed E-state index contributed by atoms with van der Waals surface area (Å²) in [5, 5.41) is 0.345. The number of nitrogens with two attached hydrogens (primary N) is 1. The molecule has 2 N–H and O–H groups in total. The maximum Gasteiger partial charge on any atom is 0.173 e. The third kappa shape index (κ3) is 3.72. The fourth-order valence-electron chi connectivity index (χ4n) is 3.20. The molecule has 138 valence electrons. The minimum absolute atomic E-state index is 0.0514. The number of carbonyl (C=O) groups excluding carboxylic acids is 1. The van der Waals surface area contributed by atoms with Gasteiger partial charge in [0.2, 0.25) is 0 Å². The zero-order chi connectivity index (χ0) is 19.4. The van der Waals surface area contributed by atoms with E-state index in [0.29, 0.717) is 23.4 Å². The van der Waals surface area contributed by atoms with Crippen molar-refractivity contribution in [2.75, 3.05) is 13.7 Å². The summed E-state index contributed by atoms with van der Waals surface area (Å²) in [6, 6.07) is 18.1. The molecule has 1 unspecified atom stereocenters. The highest BCUT2D eigenvalue weighted by atomic mass is 35.5. The summed E-state index contributed by atoms with van der Waals surface area (Å²) in [4.78, 5) is 11.5. The van der Waals surface area contributed by atoms with Crippen LogP contribution in [0.3, 0.4) is 0 Å². The van der Waals surface area contributed by atoms with Gasteiger partial charge in [0.1, 0.15) is 0 Å². The van der Waals surface area contributed by atoms with E-state index in [-0.39, 0.29) is 22.8 Å². The van der Waals surface area contributed by atoms with Gasteiger partial charge in [0.15, 0.2) is 17.9 Å². The number of rotatable bonds is 6. The molecule has 0 fully saturated rings. The summed E-state index contributed by atoms with van der Waals surface area (Å²) in [5.74, 6) is -0.642. The number of halogens is 2. The zero-order valence-electron chi connectivity index (χ0n) is 14.8. The Morgan fingerprint density at radius 3 is 2.48 bits per heavy atom. The van der Waals surface area contributed by atoms with Crippen LogP contribution in [0, 0.1) is 5.82 Å². The van der Waals surface area contributed by atoms with E-state index in [2.05, 4.69) is 0 Å². The minimum Gasteiger partial charge on any atom is -0.494 e. The molecule has 0 heterocycles. The summed E-state index contributed by atoms with van der Waals surface area (Å²) >= 11 is 6.37. The first-order valence-corrected chi connectivity index (χ1v) is 8.85. The molecule has 0 bridgehead atoms. The van der Waals surface area contributed by atoms with E-state index < -0.39 is 5.82 Å². The number of methoxy groups -OCH3 is 1. The molecule has 3 rings (SSSR count). The Labute approximate surface area is 162 Å². The lowest BCUT2D eigenvalue weighted by Crippen LogP contribution is -2.14. The van der Waals surface area contributed by atoms with Gasteiger partial charge < -0.3 is 10.5 Å². The van der Waals surface area contributed by atoms with Crippen LogP contribution in [0.5, 0.6) is 5.75 Å². The van der Waals surface area contributed by atoms with Crippen LogP contribution in [-0.2, 0) is 0 Å². The third-order valence-corrected chi connectivity index (χ3v) is 4.91. The van der Waals surface area contributed by atoms with Crippen LogP contribution in [-0.4, -0.2) is 19.9 Å². The van der Waals surface area contributed by atoms with Gasteiger partial charge in [-0.2, -0.15) is 0 Å². The van der Waals surface area contributed by atoms with E-state index in [1.165, 1.54) is 19.2 Å². The van der Waals surface area contributed by atoms with Crippen molar-refractivity contribution in [1.82, 2.24) is 0 Å². The largest absolute Gasteiger partial charge is 0.494 e. The Morgan fingerprint density at radius 1 is 1.11 bits per heavy atom. The van der Waals surface area contributed by atoms with Crippen molar-refractivity contribution < 1.29 is 13.9 Å². The van der Waals surface area contributed by atoms with E-state index in [1.807, 2.05) is 36.4 Å². The van der Waals surface area contributed by atoms with Gasteiger partial charge in [-0.25, -0.2) is 4.39 Å². The summed E-state index contributed by atoms with van der Waals surface area (Å²) < 4.78 is 20.0. The molecule has 3 aromatic carbocycles. The van der Waals surface area contributed by atoms with E-state index in [9.17, 15) is 9.18 Å². The van der Waals surface area contributed by atoms with Gasteiger partial charge in [-0.1, -0.05) is 48.0 Å². The molecular formula is C22H19ClFNO2. The molecule has 3 nitrogen and oxygen atoms in total. The predicted octanol–water partition coefficient (Wildman–Crippen LogP) is 5.06. The molecule has 0 aromatic heterocycles. The molecule has 0 radical (unpaired) electrons. The topological polar surface area (TPSA) is 52.3 Å².